The van der Waals surface area contributed by atoms with Crippen LogP contribution in [0.1, 0.15) is 22.3 Å². The van der Waals surface area contributed by atoms with E-state index < -0.39 is 5.41 Å². The molecular formula is C65H45N. The van der Waals surface area contributed by atoms with Crippen molar-refractivity contribution in [2.45, 2.75) is 5.41 Å². The Balaban J connectivity index is 0.973. The number of benzene rings is 11. The molecule has 0 spiro atoms. The molecule has 0 bridgehead atoms. The molecule has 0 fully saturated rings. The lowest BCUT2D eigenvalue weighted by Gasteiger charge is -2.34. The lowest BCUT2D eigenvalue weighted by atomic mass is 9.67. The zero-order chi connectivity index (χ0) is 43.9. The van der Waals surface area contributed by atoms with Crippen molar-refractivity contribution in [1.29, 1.82) is 0 Å². The summed E-state index contributed by atoms with van der Waals surface area (Å²) in [6.45, 7) is 0. The number of hydrogen-bond acceptors (Lipinski definition) is 1. The first-order valence-corrected chi connectivity index (χ1v) is 22.8. The van der Waals surface area contributed by atoms with E-state index >= 15 is 0 Å². The van der Waals surface area contributed by atoms with Crippen LogP contribution in [0.25, 0.3) is 66.4 Å². The molecule has 0 saturated heterocycles. The van der Waals surface area contributed by atoms with Crippen molar-refractivity contribution < 1.29 is 0 Å². The summed E-state index contributed by atoms with van der Waals surface area (Å²) in [6.07, 6.45) is 0. The number of hydrogen-bond donors (Lipinski definition) is 0. The quantitative estimate of drug-likeness (QED) is 0.140. The molecule has 0 heterocycles. The molecular weight excluding hydrogens is 795 g/mol. The van der Waals surface area contributed by atoms with Gasteiger partial charge in [-0.25, -0.2) is 0 Å². The van der Waals surface area contributed by atoms with E-state index in [2.05, 4.69) is 278 Å². The van der Waals surface area contributed by atoms with Crippen LogP contribution in [0.3, 0.4) is 0 Å². The lowest BCUT2D eigenvalue weighted by molar-refractivity contribution is 0.769. The molecule has 0 amide bonds. The van der Waals surface area contributed by atoms with E-state index in [1.807, 2.05) is 0 Å². The second kappa shape index (κ2) is 16.6. The van der Waals surface area contributed by atoms with Crippen LogP contribution in [0.15, 0.2) is 273 Å². The summed E-state index contributed by atoms with van der Waals surface area (Å²) in [5.74, 6) is 0. The smallest absolute Gasteiger partial charge is 0.0713 e. The standard InChI is InChI=1S/C65H45N/c1-4-18-47(19-5-1)57-29-12-13-30-59(57)49-36-41-55(42-37-49)66(56-27-16-22-51(44-56)60-32-17-21-48-20-10-11-28-58(48)60)54-39-34-46(35-40-54)50-38-43-62-61-31-14-15-33-63(61)65(64(62)45-50,52-23-6-2-7-24-52)53-25-8-3-9-26-53/h1-45H. The lowest BCUT2D eigenvalue weighted by Crippen LogP contribution is -2.28. The summed E-state index contributed by atoms with van der Waals surface area (Å²) >= 11 is 0. The molecule has 1 aliphatic rings. The first kappa shape index (κ1) is 39.1. The van der Waals surface area contributed by atoms with E-state index in [0.29, 0.717) is 0 Å². The highest BCUT2D eigenvalue weighted by Crippen LogP contribution is 2.56. The second-order valence-corrected chi connectivity index (χ2v) is 17.2. The van der Waals surface area contributed by atoms with E-state index in [9.17, 15) is 0 Å². The predicted octanol–water partition coefficient (Wildman–Crippen LogP) is 17.3. The highest BCUT2D eigenvalue weighted by atomic mass is 15.1. The van der Waals surface area contributed by atoms with Gasteiger partial charge in [0, 0.05) is 17.1 Å². The molecule has 0 N–H and O–H groups in total. The van der Waals surface area contributed by atoms with Gasteiger partial charge in [0.1, 0.15) is 0 Å². The third-order valence-electron chi connectivity index (χ3n) is 13.6. The number of rotatable bonds is 9. The van der Waals surface area contributed by atoms with Gasteiger partial charge in [-0.05, 0) is 131 Å². The summed E-state index contributed by atoms with van der Waals surface area (Å²) in [5.41, 5.74) is 20.1. The van der Waals surface area contributed by atoms with E-state index in [-0.39, 0.29) is 0 Å². The van der Waals surface area contributed by atoms with Crippen LogP contribution in [0.4, 0.5) is 17.1 Å². The topological polar surface area (TPSA) is 3.24 Å². The van der Waals surface area contributed by atoms with Crippen molar-refractivity contribution in [2.75, 3.05) is 4.90 Å². The maximum Gasteiger partial charge on any atom is 0.0713 e. The third kappa shape index (κ3) is 6.64. The molecule has 0 atom stereocenters. The van der Waals surface area contributed by atoms with Gasteiger partial charge in [-0.1, -0.05) is 231 Å². The Hall–Kier alpha value is -8.52. The van der Waals surface area contributed by atoms with Crippen molar-refractivity contribution in [3.63, 3.8) is 0 Å². The Kier molecular flexibility index (Phi) is 9.81. The van der Waals surface area contributed by atoms with Crippen LogP contribution >= 0.6 is 0 Å². The molecule has 66 heavy (non-hydrogen) atoms. The minimum atomic E-state index is -0.454. The van der Waals surface area contributed by atoms with Gasteiger partial charge in [0.15, 0.2) is 0 Å². The molecule has 0 radical (unpaired) electrons. The highest BCUT2D eigenvalue weighted by molar-refractivity contribution is 5.98. The molecule has 0 aliphatic heterocycles. The van der Waals surface area contributed by atoms with Crippen molar-refractivity contribution in [2.24, 2.45) is 0 Å². The summed E-state index contributed by atoms with van der Waals surface area (Å²) in [7, 11) is 0. The van der Waals surface area contributed by atoms with Gasteiger partial charge in [0.25, 0.3) is 0 Å². The van der Waals surface area contributed by atoms with Gasteiger partial charge < -0.3 is 4.90 Å². The highest BCUT2D eigenvalue weighted by Gasteiger charge is 2.46. The van der Waals surface area contributed by atoms with Crippen LogP contribution in [-0.2, 0) is 5.41 Å². The molecule has 0 aromatic heterocycles. The average Bonchev–Trinajstić information content (AvgIpc) is 3.70. The third-order valence-corrected chi connectivity index (χ3v) is 13.6. The molecule has 0 saturated carbocycles. The van der Waals surface area contributed by atoms with Gasteiger partial charge in [-0.15, -0.1) is 0 Å². The van der Waals surface area contributed by atoms with Crippen LogP contribution in [0.2, 0.25) is 0 Å². The average molecular weight is 840 g/mol. The normalized spacial score (nSPS) is 12.4. The first-order valence-electron chi connectivity index (χ1n) is 22.8. The van der Waals surface area contributed by atoms with Crippen molar-refractivity contribution in [1.82, 2.24) is 0 Å². The van der Waals surface area contributed by atoms with Gasteiger partial charge in [0.2, 0.25) is 0 Å². The summed E-state index contributed by atoms with van der Waals surface area (Å²) in [4.78, 5) is 2.39. The van der Waals surface area contributed by atoms with E-state index in [1.165, 1.54) is 88.7 Å². The maximum atomic E-state index is 2.45. The fourth-order valence-corrected chi connectivity index (χ4v) is 10.6. The molecule has 310 valence electrons. The minimum absolute atomic E-state index is 0.454. The molecule has 0 unspecified atom stereocenters. The summed E-state index contributed by atoms with van der Waals surface area (Å²) < 4.78 is 0. The fraction of sp³-hybridized carbons (Fsp3) is 0.0154. The SMILES string of the molecule is c1ccc(-c2ccccc2-c2ccc(N(c3ccc(-c4ccc5c(c4)C(c4ccccc4)(c4ccccc4)c4ccccc4-5)cc3)c3cccc(-c4cccc5ccccc45)c3)cc2)cc1. The summed E-state index contributed by atoms with van der Waals surface area (Å²) in [6, 6.07) is 99.9. The largest absolute Gasteiger partial charge is 0.310 e. The van der Waals surface area contributed by atoms with Crippen molar-refractivity contribution in [3.05, 3.63) is 295 Å². The number of anilines is 3. The Morgan fingerprint density at radius 2 is 0.712 bits per heavy atom. The minimum Gasteiger partial charge on any atom is -0.310 e. The predicted molar refractivity (Wildman–Crippen MR) is 278 cm³/mol. The molecule has 11 aromatic carbocycles. The van der Waals surface area contributed by atoms with Crippen molar-refractivity contribution >= 4 is 27.8 Å². The van der Waals surface area contributed by atoms with Crippen LogP contribution in [0.5, 0.6) is 0 Å². The zero-order valence-electron chi connectivity index (χ0n) is 36.4. The molecule has 1 nitrogen and oxygen atoms in total. The van der Waals surface area contributed by atoms with E-state index in [0.717, 1.165) is 17.1 Å². The molecule has 1 aliphatic carbocycles. The Morgan fingerprint density at radius 3 is 1.39 bits per heavy atom. The fourth-order valence-electron chi connectivity index (χ4n) is 10.6. The molecule has 11 aromatic rings. The van der Waals surface area contributed by atoms with Gasteiger partial charge in [0.05, 0.1) is 5.41 Å². The van der Waals surface area contributed by atoms with E-state index in [4.69, 9.17) is 0 Å². The van der Waals surface area contributed by atoms with E-state index in [1.54, 1.807) is 0 Å². The molecule has 1 heteroatoms. The Bertz CT molecular complexity index is 3460. The maximum absolute atomic E-state index is 2.45. The zero-order valence-corrected chi connectivity index (χ0v) is 36.4. The van der Waals surface area contributed by atoms with Crippen LogP contribution in [0, 0.1) is 0 Å². The number of nitrogens with zero attached hydrogens (tertiary/aromatic N) is 1. The van der Waals surface area contributed by atoms with Crippen molar-refractivity contribution in [3.8, 4) is 55.6 Å². The first-order chi connectivity index (χ1) is 32.7. The number of fused-ring (bicyclic) bond motifs is 4. The van der Waals surface area contributed by atoms with Gasteiger partial charge >= 0.3 is 0 Å². The molecule has 12 rings (SSSR count). The van der Waals surface area contributed by atoms with Gasteiger partial charge in [-0.2, -0.15) is 0 Å². The second-order valence-electron chi connectivity index (χ2n) is 17.2. The Labute approximate surface area is 387 Å². The monoisotopic (exact) mass is 839 g/mol. The van der Waals surface area contributed by atoms with Crippen LogP contribution in [-0.4, -0.2) is 0 Å². The van der Waals surface area contributed by atoms with Gasteiger partial charge in [-0.3, -0.25) is 0 Å². The summed E-state index contributed by atoms with van der Waals surface area (Å²) in [5, 5.41) is 2.48. The van der Waals surface area contributed by atoms with Crippen LogP contribution < -0.4 is 4.90 Å². The Morgan fingerprint density at radius 1 is 0.242 bits per heavy atom.